The first kappa shape index (κ1) is 20.8. The van der Waals surface area contributed by atoms with Crippen LogP contribution in [0.5, 0.6) is 5.75 Å². The van der Waals surface area contributed by atoms with Crippen molar-refractivity contribution in [2.75, 3.05) is 11.5 Å². The van der Waals surface area contributed by atoms with Crippen molar-refractivity contribution in [3.05, 3.63) is 88.3 Å². The molecule has 1 saturated heterocycles. The largest absolute Gasteiger partial charge is 0.507 e. The summed E-state index contributed by atoms with van der Waals surface area (Å²) in [6.07, 6.45) is 0. The van der Waals surface area contributed by atoms with E-state index in [1.54, 1.807) is 67.6 Å². The third-order valence-corrected chi connectivity index (χ3v) is 5.27. The lowest BCUT2D eigenvalue weighted by Crippen LogP contribution is -2.29. The number of halogens is 1. The van der Waals surface area contributed by atoms with Gasteiger partial charge in [0.1, 0.15) is 29.1 Å². The van der Waals surface area contributed by atoms with E-state index in [1.165, 1.54) is 4.90 Å². The summed E-state index contributed by atoms with van der Waals surface area (Å²) < 4.78 is 11.2. The van der Waals surface area contributed by atoms with Crippen LogP contribution in [-0.2, 0) is 9.59 Å². The summed E-state index contributed by atoms with van der Waals surface area (Å²) in [7, 11) is 0. The number of Topliss-reactive ketones (excluding diaryl/α,β-unsaturated/α-hetero) is 1. The topological polar surface area (TPSA) is 80.0 Å². The Kier molecular flexibility index (Phi) is 5.57. The standard InChI is InChI=1S/C24H20ClNO5/c1-3-30-18-11-9-17(10-12-18)26-21(19-13-4-14(2)31-19)20(23(28)24(26)29)22(27)15-5-7-16(25)8-6-15/h4-13,21,27H,3H2,1-2H3/b22-20-. The molecular weight excluding hydrogens is 418 g/mol. The number of furan rings is 1. The molecule has 1 atom stereocenters. The number of hydrogen-bond acceptors (Lipinski definition) is 5. The van der Waals surface area contributed by atoms with Crippen molar-refractivity contribution in [1.29, 1.82) is 0 Å². The van der Waals surface area contributed by atoms with Crippen LogP contribution in [0.1, 0.15) is 30.0 Å². The SMILES string of the molecule is CCOc1ccc(N2C(=O)C(=O)/C(=C(\O)c3ccc(Cl)cc3)C2c2ccc(C)o2)cc1. The lowest BCUT2D eigenvalue weighted by molar-refractivity contribution is -0.132. The number of rotatable bonds is 5. The fourth-order valence-electron chi connectivity index (χ4n) is 3.60. The van der Waals surface area contributed by atoms with E-state index < -0.39 is 17.7 Å². The lowest BCUT2D eigenvalue weighted by Gasteiger charge is -2.23. The van der Waals surface area contributed by atoms with E-state index in [1.807, 2.05) is 6.92 Å². The maximum absolute atomic E-state index is 13.0. The molecule has 1 aromatic heterocycles. The van der Waals surface area contributed by atoms with Crippen LogP contribution in [0.3, 0.4) is 0 Å². The molecule has 158 valence electrons. The molecule has 0 saturated carbocycles. The van der Waals surface area contributed by atoms with Crippen molar-refractivity contribution in [2.24, 2.45) is 0 Å². The van der Waals surface area contributed by atoms with E-state index in [-0.39, 0.29) is 11.3 Å². The summed E-state index contributed by atoms with van der Waals surface area (Å²) >= 11 is 5.94. The van der Waals surface area contributed by atoms with Gasteiger partial charge in [-0.25, -0.2) is 0 Å². The van der Waals surface area contributed by atoms with Gasteiger partial charge < -0.3 is 14.3 Å². The Morgan fingerprint density at radius 2 is 1.74 bits per heavy atom. The minimum Gasteiger partial charge on any atom is -0.507 e. The maximum atomic E-state index is 13.0. The Morgan fingerprint density at radius 3 is 2.32 bits per heavy atom. The first-order chi connectivity index (χ1) is 14.9. The Labute approximate surface area is 184 Å². The van der Waals surface area contributed by atoms with Crippen molar-refractivity contribution in [1.82, 2.24) is 0 Å². The molecule has 1 aliphatic rings. The molecule has 31 heavy (non-hydrogen) atoms. The van der Waals surface area contributed by atoms with Gasteiger partial charge in [0.15, 0.2) is 0 Å². The van der Waals surface area contributed by atoms with Gasteiger partial charge in [0.25, 0.3) is 11.7 Å². The normalized spacial score (nSPS) is 17.9. The molecule has 0 bridgehead atoms. The Hall–Kier alpha value is -3.51. The third-order valence-electron chi connectivity index (χ3n) is 5.02. The molecule has 0 spiro atoms. The van der Waals surface area contributed by atoms with Gasteiger partial charge in [0.05, 0.1) is 12.2 Å². The molecule has 2 heterocycles. The molecule has 4 rings (SSSR count). The van der Waals surface area contributed by atoms with Crippen molar-refractivity contribution in [2.45, 2.75) is 19.9 Å². The number of carbonyl (C=O) groups excluding carboxylic acids is 2. The quantitative estimate of drug-likeness (QED) is 0.334. The highest BCUT2D eigenvalue weighted by Gasteiger charge is 2.48. The zero-order chi connectivity index (χ0) is 22.1. The number of ketones is 1. The average Bonchev–Trinajstić information content (AvgIpc) is 3.30. The molecule has 3 aromatic rings. The van der Waals surface area contributed by atoms with Crippen LogP contribution in [0.2, 0.25) is 5.02 Å². The number of anilines is 1. The number of hydrogen-bond donors (Lipinski definition) is 1. The molecule has 0 aliphatic carbocycles. The second-order valence-electron chi connectivity index (χ2n) is 7.05. The zero-order valence-electron chi connectivity index (χ0n) is 17.0. The summed E-state index contributed by atoms with van der Waals surface area (Å²) in [4.78, 5) is 27.4. The van der Waals surface area contributed by atoms with Crippen molar-refractivity contribution < 1.29 is 23.8 Å². The summed E-state index contributed by atoms with van der Waals surface area (Å²) in [5, 5.41) is 11.5. The van der Waals surface area contributed by atoms with Crippen LogP contribution in [0, 0.1) is 6.92 Å². The van der Waals surface area contributed by atoms with E-state index in [0.29, 0.717) is 40.2 Å². The molecule has 2 aromatic carbocycles. The number of aryl methyl sites for hydroxylation is 1. The van der Waals surface area contributed by atoms with Crippen LogP contribution >= 0.6 is 11.6 Å². The van der Waals surface area contributed by atoms with E-state index in [0.717, 1.165) is 0 Å². The Balaban J connectivity index is 1.87. The molecule has 6 nitrogen and oxygen atoms in total. The summed E-state index contributed by atoms with van der Waals surface area (Å²) in [6.45, 7) is 4.16. The van der Waals surface area contributed by atoms with Gasteiger partial charge in [-0.3, -0.25) is 14.5 Å². The minimum atomic E-state index is -0.915. The number of carbonyl (C=O) groups is 2. The van der Waals surface area contributed by atoms with Gasteiger partial charge >= 0.3 is 0 Å². The van der Waals surface area contributed by atoms with Crippen LogP contribution in [-0.4, -0.2) is 23.4 Å². The van der Waals surface area contributed by atoms with Crippen molar-refractivity contribution in [3.63, 3.8) is 0 Å². The number of amides is 1. The van der Waals surface area contributed by atoms with Crippen LogP contribution in [0.25, 0.3) is 5.76 Å². The number of aliphatic hydroxyl groups is 1. The monoisotopic (exact) mass is 437 g/mol. The number of aliphatic hydroxyl groups excluding tert-OH is 1. The van der Waals surface area contributed by atoms with Gasteiger partial charge in [-0.1, -0.05) is 11.6 Å². The van der Waals surface area contributed by atoms with Crippen molar-refractivity contribution >= 4 is 34.7 Å². The second kappa shape index (κ2) is 8.32. The molecular formula is C24H20ClNO5. The summed E-state index contributed by atoms with van der Waals surface area (Å²) in [5.74, 6) is -0.184. The Morgan fingerprint density at radius 1 is 1.06 bits per heavy atom. The van der Waals surface area contributed by atoms with E-state index in [2.05, 4.69) is 0 Å². The second-order valence-corrected chi connectivity index (χ2v) is 7.49. The molecule has 1 unspecified atom stereocenters. The molecule has 1 aliphatic heterocycles. The molecule has 1 amide bonds. The highest BCUT2D eigenvalue weighted by molar-refractivity contribution is 6.51. The van der Waals surface area contributed by atoms with Gasteiger partial charge in [-0.15, -0.1) is 0 Å². The van der Waals surface area contributed by atoms with Gasteiger partial charge in [0.2, 0.25) is 0 Å². The van der Waals surface area contributed by atoms with Gasteiger partial charge in [0, 0.05) is 16.3 Å². The lowest BCUT2D eigenvalue weighted by atomic mass is 9.99. The zero-order valence-corrected chi connectivity index (χ0v) is 17.7. The third kappa shape index (κ3) is 3.82. The number of ether oxygens (including phenoxy) is 1. The average molecular weight is 438 g/mol. The van der Waals surface area contributed by atoms with Gasteiger partial charge in [-0.2, -0.15) is 0 Å². The van der Waals surface area contributed by atoms with E-state index in [4.69, 9.17) is 20.8 Å². The van der Waals surface area contributed by atoms with Crippen LogP contribution < -0.4 is 9.64 Å². The number of benzene rings is 2. The molecule has 1 N–H and O–H groups in total. The Bertz CT molecular complexity index is 1160. The number of nitrogens with zero attached hydrogens (tertiary/aromatic N) is 1. The maximum Gasteiger partial charge on any atom is 0.300 e. The molecule has 1 fully saturated rings. The van der Waals surface area contributed by atoms with Crippen LogP contribution in [0.15, 0.2) is 70.7 Å². The molecule has 7 heteroatoms. The van der Waals surface area contributed by atoms with Crippen molar-refractivity contribution in [3.8, 4) is 5.75 Å². The molecule has 0 radical (unpaired) electrons. The first-order valence-electron chi connectivity index (χ1n) is 9.77. The highest BCUT2D eigenvalue weighted by Crippen LogP contribution is 2.43. The predicted octanol–water partition coefficient (Wildman–Crippen LogP) is 5.27. The smallest absolute Gasteiger partial charge is 0.300 e. The highest BCUT2D eigenvalue weighted by atomic mass is 35.5. The fraction of sp³-hybridized carbons (Fsp3) is 0.167. The summed E-state index contributed by atoms with van der Waals surface area (Å²) in [5.41, 5.74) is 0.817. The summed E-state index contributed by atoms with van der Waals surface area (Å²) in [6, 6.07) is 15.8. The predicted molar refractivity (Wildman–Crippen MR) is 117 cm³/mol. The first-order valence-corrected chi connectivity index (χ1v) is 10.1. The van der Waals surface area contributed by atoms with Gasteiger partial charge in [-0.05, 0) is 74.5 Å². The minimum absolute atomic E-state index is 0.0458. The fourth-order valence-corrected chi connectivity index (χ4v) is 3.73. The van der Waals surface area contributed by atoms with Crippen LogP contribution in [0.4, 0.5) is 5.69 Å². The van der Waals surface area contributed by atoms with E-state index in [9.17, 15) is 14.7 Å². The van der Waals surface area contributed by atoms with E-state index >= 15 is 0 Å².